The minimum absolute atomic E-state index is 0.108. The number of nitrogens with one attached hydrogen (secondary N) is 1. The SMILES string of the molecule is CCCCc1ccc(C(=O)Nc2ccc(Oc3ccccc3)cc2)cc1. The number of hydrogen-bond donors (Lipinski definition) is 1. The van der Waals surface area contributed by atoms with Crippen molar-refractivity contribution in [3.05, 3.63) is 90.0 Å². The Bertz CT molecular complexity index is 824. The largest absolute Gasteiger partial charge is 0.457 e. The Balaban J connectivity index is 1.59. The fourth-order valence-electron chi connectivity index (χ4n) is 2.64. The Hall–Kier alpha value is -3.07. The van der Waals surface area contributed by atoms with Gasteiger partial charge in [-0.25, -0.2) is 0 Å². The summed E-state index contributed by atoms with van der Waals surface area (Å²) >= 11 is 0. The van der Waals surface area contributed by atoms with Gasteiger partial charge in [0.2, 0.25) is 0 Å². The maximum atomic E-state index is 12.4. The van der Waals surface area contributed by atoms with Crippen molar-refractivity contribution in [1.82, 2.24) is 0 Å². The molecular weight excluding hydrogens is 322 g/mol. The van der Waals surface area contributed by atoms with Gasteiger partial charge in [-0.2, -0.15) is 0 Å². The van der Waals surface area contributed by atoms with Crippen LogP contribution in [-0.2, 0) is 6.42 Å². The van der Waals surface area contributed by atoms with Crippen molar-refractivity contribution < 1.29 is 9.53 Å². The number of hydrogen-bond acceptors (Lipinski definition) is 2. The topological polar surface area (TPSA) is 38.3 Å². The summed E-state index contributed by atoms with van der Waals surface area (Å²) in [7, 11) is 0. The first-order valence-corrected chi connectivity index (χ1v) is 8.98. The molecule has 3 rings (SSSR count). The molecule has 0 heterocycles. The highest BCUT2D eigenvalue weighted by Gasteiger charge is 2.06. The van der Waals surface area contributed by atoms with E-state index in [0.717, 1.165) is 23.6 Å². The van der Waals surface area contributed by atoms with E-state index in [4.69, 9.17) is 4.74 Å². The Morgan fingerprint density at radius 1 is 0.846 bits per heavy atom. The fraction of sp³-hybridized carbons (Fsp3) is 0.174. The molecule has 3 aromatic rings. The Morgan fingerprint density at radius 3 is 2.15 bits per heavy atom. The lowest BCUT2D eigenvalue weighted by Gasteiger charge is -2.08. The van der Waals surface area contributed by atoms with Crippen molar-refractivity contribution in [2.45, 2.75) is 26.2 Å². The molecule has 0 saturated heterocycles. The Kier molecular flexibility index (Phi) is 6.05. The van der Waals surface area contributed by atoms with E-state index in [1.54, 1.807) is 0 Å². The lowest BCUT2D eigenvalue weighted by molar-refractivity contribution is 0.102. The number of para-hydroxylation sites is 1. The molecule has 0 aliphatic carbocycles. The summed E-state index contributed by atoms with van der Waals surface area (Å²) in [6, 6.07) is 24.8. The van der Waals surface area contributed by atoms with Gasteiger partial charge in [0, 0.05) is 11.3 Å². The third-order valence-corrected chi connectivity index (χ3v) is 4.13. The van der Waals surface area contributed by atoms with E-state index in [9.17, 15) is 4.79 Å². The summed E-state index contributed by atoms with van der Waals surface area (Å²) in [4.78, 5) is 12.4. The first kappa shape index (κ1) is 17.7. The summed E-state index contributed by atoms with van der Waals surface area (Å²) in [5.41, 5.74) is 2.67. The van der Waals surface area contributed by atoms with Gasteiger partial charge < -0.3 is 10.1 Å². The second kappa shape index (κ2) is 8.86. The third kappa shape index (κ3) is 4.96. The van der Waals surface area contributed by atoms with Gasteiger partial charge in [-0.05, 0) is 66.9 Å². The standard InChI is InChI=1S/C23H23NO2/c1-2-3-7-18-10-12-19(13-11-18)23(25)24-20-14-16-22(17-15-20)26-21-8-5-4-6-9-21/h4-6,8-17H,2-3,7H2,1H3,(H,24,25). The summed E-state index contributed by atoms with van der Waals surface area (Å²) in [5.74, 6) is 1.41. The lowest BCUT2D eigenvalue weighted by Crippen LogP contribution is -2.11. The maximum Gasteiger partial charge on any atom is 0.255 e. The second-order valence-electron chi connectivity index (χ2n) is 6.19. The van der Waals surface area contributed by atoms with Gasteiger partial charge in [0.15, 0.2) is 0 Å². The monoisotopic (exact) mass is 345 g/mol. The fourth-order valence-corrected chi connectivity index (χ4v) is 2.64. The van der Waals surface area contributed by atoms with Gasteiger partial charge in [0.25, 0.3) is 5.91 Å². The predicted octanol–water partition coefficient (Wildman–Crippen LogP) is 6.07. The highest BCUT2D eigenvalue weighted by molar-refractivity contribution is 6.04. The van der Waals surface area contributed by atoms with Gasteiger partial charge in [-0.3, -0.25) is 4.79 Å². The molecule has 0 aliphatic heterocycles. The van der Waals surface area contributed by atoms with Crippen molar-refractivity contribution in [2.24, 2.45) is 0 Å². The van der Waals surface area contributed by atoms with Crippen LogP contribution in [0, 0.1) is 0 Å². The zero-order valence-corrected chi connectivity index (χ0v) is 14.9. The normalized spacial score (nSPS) is 10.3. The van der Waals surface area contributed by atoms with Crippen molar-refractivity contribution in [3.8, 4) is 11.5 Å². The molecule has 3 aromatic carbocycles. The van der Waals surface area contributed by atoms with Gasteiger partial charge in [-0.1, -0.05) is 43.7 Å². The van der Waals surface area contributed by atoms with Crippen LogP contribution < -0.4 is 10.1 Å². The van der Waals surface area contributed by atoms with Gasteiger partial charge >= 0.3 is 0 Å². The molecule has 132 valence electrons. The number of ether oxygens (including phenoxy) is 1. The third-order valence-electron chi connectivity index (χ3n) is 4.13. The minimum atomic E-state index is -0.108. The molecule has 0 bridgehead atoms. The average Bonchev–Trinajstić information content (AvgIpc) is 2.69. The van der Waals surface area contributed by atoms with Crippen LogP contribution in [0.1, 0.15) is 35.7 Å². The van der Waals surface area contributed by atoms with Crippen molar-refractivity contribution >= 4 is 11.6 Å². The molecule has 3 nitrogen and oxygen atoms in total. The molecule has 0 saturated carbocycles. The molecule has 0 atom stereocenters. The number of aryl methyl sites for hydroxylation is 1. The van der Waals surface area contributed by atoms with E-state index in [-0.39, 0.29) is 5.91 Å². The molecule has 0 aliphatic rings. The van der Waals surface area contributed by atoms with Crippen LogP contribution in [0.2, 0.25) is 0 Å². The van der Waals surface area contributed by atoms with Gasteiger partial charge in [-0.15, -0.1) is 0 Å². The molecule has 26 heavy (non-hydrogen) atoms. The van der Waals surface area contributed by atoms with E-state index in [1.807, 2.05) is 78.9 Å². The van der Waals surface area contributed by atoms with Gasteiger partial charge in [0.05, 0.1) is 0 Å². The van der Waals surface area contributed by atoms with Crippen molar-refractivity contribution in [2.75, 3.05) is 5.32 Å². The Labute approximate surface area is 154 Å². The summed E-state index contributed by atoms with van der Waals surface area (Å²) in [6.45, 7) is 2.18. The van der Waals surface area contributed by atoms with E-state index in [2.05, 4.69) is 12.2 Å². The minimum Gasteiger partial charge on any atom is -0.457 e. The van der Waals surface area contributed by atoms with Crippen LogP contribution in [0.25, 0.3) is 0 Å². The van der Waals surface area contributed by atoms with E-state index >= 15 is 0 Å². The highest BCUT2D eigenvalue weighted by atomic mass is 16.5. The molecule has 0 unspecified atom stereocenters. The molecule has 0 fully saturated rings. The number of anilines is 1. The molecular formula is C23H23NO2. The highest BCUT2D eigenvalue weighted by Crippen LogP contribution is 2.23. The summed E-state index contributed by atoms with van der Waals surface area (Å²) < 4.78 is 5.76. The van der Waals surface area contributed by atoms with Crippen LogP contribution >= 0.6 is 0 Å². The Morgan fingerprint density at radius 2 is 1.50 bits per heavy atom. The number of benzene rings is 3. The van der Waals surface area contributed by atoms with Crippen LogP contribution in [0.5, 0.6) is 11.5 Å². The smallest absolute Gasteiger partial charge is 0.255 e. The van der Waals surface area contributed by atoms with Crippen LogP contribution in [0.4, 0.5) is 5.69 Å². The predicted molar refractivity (Wildman–Crippen MR) is 106 cm³/mol. The van der Waals surface area contributed by atoms with Crippen molar-refractivity contribution in [3.63, 3.8) is 0 Å². The number of amides is 1. The molecule has 1 N–H and O–H groups in total. The first-order chi connectivity index (χ1) is 12.7. The van der Waals surface area contributed by atoms with Crippen LogP contribution in [0.15, 0.2) is 78.9 Å². The second-order valence-corrected chi connectivity index (χ2v) is 6.19. The number of carbonyl (C=O) groups is 1. The molecule has 1 amide bonds. The van der Waals surface area contributed by atoms with Crippen molar-refractivity contribution in [1.29, 1.82) is 0 Å². The van der Waals surface area contributed by atoms with Crippen LogP contribution in [-0.4, -0.2) is 5.91 Å². The zero-order chi connectivity index (χ0) is 18.2. The molecule has 0 aromatic heterocycles. The van der Waals surface area contributed by atoms with E-state index in [1.165, 1.54) is 18.4 Å². The van der Waals surface area contributed by atoms with E-state index in [0.29, 0.717) is 5.56 Å². The molecule has 0 radical (unpaired) electrons. The number of unbranched alkanes of at least 4 members (excludes halogenated alkanes) is 1. The number of carbonyl (C=O) groups excluding carboxylic acids is 1. The molecule has 3 heteroatoms. The summed E-state index contributed by atoms with van der Waals surface area (Å²) in [5, 5.41) is 2.92. The lowest BCUT2D eigenvalue weighted by atomic mass is 10.1. The zero-order valence-electron chi connectivity index (χ0n) is 14.9. The average molecular weight is 345 g/mol. The maximum absolute atomic E-state index is 12.4. The van der Waals surface area contributed by atoms with Gasteiger partial charge in [0.1, 0.15) is 11.5 Å². The van der Waals surface area contributed by atoms with E-state index < -0.39 is 0 Å². The number of rotatable bonds is 7. The first-order valence-electron chi connectivity index (χ1n) is 8.98. The summed E-state index contributed by atoms with van der Waals surface area (Å²) in [6.07, 6.45) is 3.40. The quantitative estimate of drug-likeness (QED) is 0.564. The van der Waals surface area contributed by atoms with Crippen LogP contribution in [0.3, 0.4) is 0 Å². The molecule has 0 spiro atoms.